The van der Waals surface area contributed by atoms with Gasteiger partial charge in [0.15, 0.2) is 0 Å². The molecule has 1 aliphatic rings. The summed E-state index contributed by atoms with van der Waals surface area (Å²) in [5, 5.41) is 4.40. The highest BCUT2D eigenvalue weighted by Crippen LogP contribution is 2.37. The maximum Gasteiger partial charge on any atom is 0.416 e. The number of hydrogen-bond acceptors (Lipinski definition) is 6. The third kappa shape index (κ3) is 4.64. The van der Waals surface area contributed by atoms with E-state index >= 15 is 4.39 Å². The van der Waals surface area contributed by atoms with E-state index < -0.39 is 23.2 Å². The van der Waals surface area contributed by atoms with Crippen molar-refractivity contribution < 1.29 is 22.3 Å². The topological polar surface area (TPSA) is 78.1 Å². The number of aromatic nitrogens is 5. The van der Waals surface area contributed by atoms with E-state index in [1.54, 1.807) is 38.0 Å². The largest absolute Gasteiger partial charge is 0.416 e. The maximum atomic E-state index is 15.2. The summed E-state index contributed by atoms with van der Waals surface area (Å²) in [5.74, 6) is -0.393. The molecule has 3 aromatic heterocycles. The van der Waals surface area contributed by atoms with Crippen LogP contribution in [0.3, 0.4) is 0 Å². The molecule has 4 heterocycles. The average molecular weight is 531 g/mol. The number of anilines is 1. The minimum Gasteiger partial charge on any atom is -0.364 e. The Morgan fingerprint density at radius 3 is 2.50 bits per heavy atom. The van der Waals surface area contributed by atoms with Crippen molar-refractivity contribution in [1.82, 2.24) is 24.3 Å². The van der Waals surface area contributed by atoms with Crippen LogP contribution in [0.5, 0.6) is 0 Å². The first kappa shape index (κ1) is 25.8. The van der Waals surface area contributed by atoms with Gasteiger partial charge in [0.25, 0.3) is 5.56 Å². The first-order chi connectivity index (χ1) is 17.7. The Kier molecular flexibility index (Phi) is 6.05. The quantitative estimate of drug-likeness (QED) is 0.362. The number of nitrogens with zero attached hydrogens (tertiary/aromatic N) is 6. The molecule has 0 aliphatic carbocycles. The molecule has 0 saturated carbocycles. The number of pyridine rings is 1. The van der Waals surface area contributed by atoms with Gasteiger partial charge in [-0.05, 0) is 45.0 Å². The highest BCUT2D eigenvalue weighted by atomic mass is 19.4. The summed E-state index contributed by atoms with van der Waals surface area (Å²) >= 11 is 0. The maximum absolute atomic E-state index is 15.2. The standard InChI is InChI=1S/C26H26F4N6O2/c1-14-32-23-18(24(37)35(14)5)9-21(33-22(23)17-7-6-16(8-19(17)27)26(28,29)30)36-12-20(38-25(2,3)13-36)15-10-31-34(4)11-15/h6-11,20H,12-13H2,1-5H3/t20-/m1/s1. The molecule has 1 aromatic carbocycles. The van der Waals surface area contributed by atoms with Crippen molar-refractivity contribution in [2.24, 2.45) is 14.1 Å². The second-order valence-corrected chi connectivity index (χ2v) is 10.1. The summed E-state index contributed by atoms with van der Waals surface area (Å²) < 4.78 is 64.1. The van der Waals surface area contributed by atoms with Crippen molar-refractivity contribution in [3.05, 3.63) is 69.8 Å². The molecule has 4 aromatic rings. The predicted octanol–water partition coefficient (Wildman–Crippen LogP) is 4.55. The number of aryl methyl sites for hydroxylation is 2. The van der Waals surface area contributed by atoms with Crippen molar-refractivity contribution in [2.45, 2.75) is 38.7 Å². The number of hydrogen-bond donors (Lipinski definition) is 0. The third-order valence-corrected chi connectivity index (χ3v) is 6.66. The first-order valence-electron chi connectivity index (χ1n) is 11.9. The van der Waals surface area contributed by atoms with E-state index in [4.69, 9.17) is 4.74 Å². The van der Waals surface area contributed by atoms with Crippen molar-refractivity contribution in [3.63, 3.8) is 0 Å². The van der Waals surface area contributed by atoms with Gasteiger partial charge in [-0.25, -0.2) is 14.4 Å². The fourth-order valence-electron chi connectivity index (χ4n) is 4.74. The second kappa shape index (κ2) is 8.90. The van der Waals surface area contributed by atoms with Crippen LogP contribution >= 0.6 is 0 Å². The second-order valence-electron chi connectivity index (χ2n) is 10.1. The van der Waals surface area contributed by atoms with Gasteiger partial charge in [0.05, 0.1) is 29.3 Å². The Hall–Kier alpha value is -3.80. The van der Waals surface area contributed by atoms with E-state index in [1.807, 2.05) is 24.9 Å². The molecule has 0 spiro atoms. The van der Waals surface area contributed by atoms with E-state index in [0.29, 0.717) is 30.8 Å². The lowest BCUT2D eigenvalue weighted by molar-refractivity contribution is -0.137. The average Bonchev–Trinajstić information content (AvgIpc) is 3.27. The smallest absolute Gasteiger partial charge is 0.364 e. The molecule has 0 bridgehead atoms. The molecule has 1 fully saturated rings. The van der Waals surface area contributed by atoms with Gasteiger partial charge in [0.1, 0.15) is 34.8 Å². The number of benzene rings is 1. The molecule has 5 rings (SSSR count). The summed E-state index contributed by atoms with van der Waals surface area (Å²) in [6, 6.07) is 3.85. The first-order valence-corrected chi connectivity index (χ1v) is 11.9. The summed E-state index contributed by atoms with van der Waals surface area (Å²) in [6.45, 7) is 6.22. The highest BCUT2D eigenvalue weighted by molar-refractivity contribution is 5.93. The molecule has 1 saturated heterocycles. The number of ether oxygens (including phenoxy) is 1. The lowest BCUT2D eigenvalue weighted by Gasteiger charge is -2.43. The van der Waals surface area contributed by atoms with E-state index in [-0.39, 0.29) is 33.8 Å². The fourth-order valence-corrected chi connectivity index (χ4v) is 4.74. The lowest BCUT2D eigenvalue weighted by atomic mass is 10.0. The SMILES string of the molecule is Cc1nc2c(-c3ccc(C(F)(F)F)cc3F)nc(N3C[C@H](c4cnn(C)c4)OC(C)(C)C3)cc2c(=O)n1C. The van der Waals surface area contributed by atoms with Crippen LogP contribution in [-0.2, 0) is 25.0 Å². The number of morpholine rings is 1. The van der Waals surface area contributed by atoms with Crippen LogP contribution < -0.4 is 10.5 Å². The van der Waals surface area contributed by atoms with Gasteiger partial charge in [-0.15, -0.1) is 0 Å². The van der Waals surface area contributed by atoms with Gasteiger partial charge in [0.2, 0.25) is 0 Å². The number of rotatable bonds is 3. The Bertz CT molecular complexity index is 1610. The van der Waals surface area contributed by atoms with Crippen molar-refractivity contribution in [2.75, 3.05) is 18.0 Å². The predicted molar refractivity (Wildman–Crippen MR) is 133 cm³/mol. The normalized spacial score (nSPS) is 17.8. The van der Waals surface area contributed by atoms with E-state index in [9.17, 15) is 18.0 Å². The lowest BCUT2D eigenvalue weighted by Crippen LogP contribution is -2.50. The molecule has 12 heteroatoms. The van der Waals surface area contributed by atoms with Crippen LogP contribution in [-0.4, -0.2) is 43.0 Å². The zero-order chi connectivity index (χ0) is 27.6. The molecule has 0 unspecified atom stereocenters. The molecule has 0 amide bonds. The van der Waals surface area contributed by atoms with E-state index in [2.05, 4.69) is 15.1 Å². The Balaban J connectivity index is 1.70. The van der Waals surface area contributed by atoms with Gasteiger partial charge in [-0.3, -0.25) is 14.0 Å². The Labute approximate surface area is 215 Å². The van der Waals surface area contributed by atoms with E-state index in [0.717, 1.165) is 17.7 Å². The Morgan fingerprint density at radius 2 is 1.87 bits per heavy atom. The van der Waals surface area contributed by atoms with Crippen LogP contribution in [0.15, 0.2) is 41.5 Å². The van der Waals surface area contributed by atoms with Gasteiger partial charge < -0.3 is 9.64 Å². The third-order valence-electron chi connectivity index (χ3n) is 6.66. The minimum absolute atomic E-state index is 0.00764. The fraction of sp³-hybridized carbons (Fsp3) is 0.385. The number of halogens is 4. The van der Waals surface area contributed by atoms with Gasteiger partial charge in [0, 0.05) is 38.0 Å². The monoisotopic (exact) mass is 530 g/mol. The van der Waals surface area contributed by atoms with Crippen LogP contribution in [0.2, 0.25) is 0 Å². The zero-order valence-electron chi connectivity index (χ0n) is 21.5. The molecular weight excluding hydrogens is 504 g/mol. The zero-order valence-corrected chi connectivity index (χ0v) is 21.5. The van der Waals surface area contributed by atoms with Gasteiger partial charge in [-0.1, -0.05) is 0 Å². The Morgan fingerprint density at radius 1 is 1.13 bits per heavy atom. The molecule has 0 radical (unpaired) electrons. The molecule has 1 aliphatic heterocycles. The molecular formula is C26H26F4N6O2. The summed E-state index contributed by atoms with van der Waals surface area (Å²) in [6.07, 6.45) is -1.51. The van der Waals surface area contributed by atoms with Gasteiger partial charge >= 0.3 is 6.18 Å². The van der Waals surface area contributed by atoms with Crippen LogP contribution in [0.4, 0.5) is 23.4 Å². The summed E-state index contributed by atoms with van der Waals surface area (Å²) in [7, 11) is 3.37. The van der Waals surface area contributed by atoms with Crippen molar-refractivity contribution in [1.29, 1.82) is 0 Å². The highest BCUT2D eigenvalue weighted by Gasteiger charge is 2.36. The molecule has 0 N–H and O–H groups in total. The number of fused-ring (bicyclic) bond motifs is 1. The molecule has 38 heavy (non-hydrogen) atoms. The van der Waals surface area contributed by atoms with Crippen LogP contribution in [0.1, 0.15) is 36.9 Å². The molecule has 1 atom stereocenters. The number of alkyl halides is 3. The summed E-state index contributed by atoms with van der Waals surface area (Å²) in [4.78, 5) is 24.3. The van der Waals surface area contributed by atoms with Crippen molar-refractivity contribution in [3.8, 4) is 11.3 Å². The van der Waals surface area contributed by atoms with Crippen LogP contribution in [0, 0.1) is 12.7 Å². The van der Waals surface area contributed by atoms with E-state index in [1.165, 1.54) is 4.57 Å². The molecule has 8 nitrogen and oxygen atoms in total. The van der Waals surface area contributed by atoms with Crippen LogP contribution in [0.25, 0.3) is 22.2 Å². The van der Waals surface area contributed by atoms with Crippen molar-refractivity contribution >= 4 is 16.7 Å². The summed E-state index contributed by atoms with van der Waals surface area (Å²) in [5.41, 5.74) is -1.33. The molecule has 200 valence electrons. The minimum atomic E-state index is -4.71. The van der Waals surface area contributed by atoms with Gasteiger partial charge in [-0.2, -0.15) is 18.3 Å².